The maximum absolute atomic E-state index is 10.6. The van der Waals surface area contributed by atoms with Gasteiger partial charge in [0.25, 0.3) is 6.33 Å². The third kappa shape index (κ3) is 11.0. The van der Waals surface area contributed by atoms with E-state index in [1.807, 2.05) is 121 Å². The minimum atomic E-state index is -3.00. The van der Waals surface area contributed by atoms with E-state index in [1.165, 1.54) is 20.7 Å². The Kier molecular flexibility index (Phi) is 12.6. The van der Waals surface area contributed by atoms with Crippen LogP contribution in [0.1, 0.15) is 70.5 Å². The van der Waals surface area contributed by atoms with Crippen LogP contribution in [0.4, 0.5) is 0 Å². The van der Waals surface area contributed by atoms with E-state index < -0.39 is 114 Å². The molecule has 0 amide bonds. The van der Waals surface area contributed by atoms with E-state index in [9.17, 15) is 9.60 Å². The summed E-state index contributed by atoms with van der Waals surface area (Å²) < 4.78 is 135. The quantitative estimate of drug-likeness (QED) is 0.0560. The average molecular weight is 1480 g/mol. The molecule has 0 radical (unpaired) electrons. The molecule has 4 heterocycles. The normalized spacial score (nSPS) is 13.9. The molecule has 3 aromatic heterocycles. The van der Waals surface area contributed by atoms with Crippen LogP contribution >= 0.6 is 0 Å². The van der Waals surface area contributed by atoms with Gasteiger partial charge in [-0.25, -0.2) is 4.98 Å². The number of pyridine rings is 1. The molecular formula is C92H70N4OPtSi-2. The third-order valence-corrected chi connectivity index (χ3v) is 23.7. The van der Waals surface area contributed by atoms with Crippen molar-refractivity contribution >= 4 is 61.7 Å². The van der Waals surface area contributed by atoms with Crippen LogP contribution in [0.2, 0.25) is 0 Å². The topological polar surface area (TPSA) is 35.9 Å². The van der Waals surface area contributed by atoms with Crippen LogP contribution in [0.15, 0.2) is 315 Å². The van der Waals surface area contributed by atoms with E-state index in [1.54, 1.807) is 0 Å². The second kappa shape index (κ2) is 25.1. The molecular weight excluding hydrogens is 1400 g/mol. The molecule has 17 rings (SSSR count). The maximum Gasteiger partial charge on any atom is 0.268 e. The van der Waals surface area contributed by atoms with Crippen molar-refractivity contribution in [3.63, 3.8) is 0 Å². The van der Waals surface area contributed by atoms with Gasteiger partial charge >= 0.3 is 0 Å². The number of hydrogen-bond acceptors (Lipinski definition) is 2. The summed E-state index contributed by atoms with van der Waals surface area (Å²) in [5.41, 5.74) is 7.30. The summed E-state index contributed by atoms with van der Waals surface area (Å²) >= 11 is 0. The van der Waals surface area contributed by atoms with Crippen molar-refractivity contribution in [3.8, 4) is 95.5 Å². The largest absolute Gasteiger partial charge is 0.510 e. The van der Waals surface area contributed by atoms with Crippen LogP contribution in [0.25, 0.3) is 117 Å². The molecule has 480 valence electrons. The van der Waals surface area contributed by atoms with Crippen molar-refractivity contribution < 1.29 is 48.2 Å². The van der Waals surface area contributed by atoms with Crippen molar-refractivity contribution in [2.75, 3.05) is 0 Å². The van der Waals surface area contributed by atoms with Gasteiger partial charge in [-0.2, -0.15) is 18.2 Å². The molecule has 0 saturated heterocycles. The van der Waals surface area contributed by atoms with Crippen LogP contribution in [-0.2, 0) is 31.9 Å². The molecule has 0 atom stereocenters. The van der Waals surface area contributed by atoms with Gasteiger partial charge in [0, 0.05) is 44.3 Å². The van der Waals surface area contributed by atoms with E-state index in [0.29, 0.717) is 39.5 Å². The molecule has 99 heavy (non-hydrogen) atoms. The maximum atomic E-state index is 10.6. The number of para-hydroxylation sites is 1. The molecule has 0 bridgehead atoms. The fourth-order valence-corrected chi connectivity index (χ4v) is 19.0. The van der Waals surface area contributed by atoms with Gasteiger partial charge in [-0.05, 0) is 157 Å². The number of fused-ring (bicyclic) bond motifs is 10. The Hall–Kier alpha value is -11.0. The molecule has 0 spiro atoms. The first kappa shape index (κ1) is 49.5. The van der Waals surface area contributed by atoms with Crippen molar-refractivity contribution in [3.05, 3.63) is 345 Å². The zero-order valence-corrected chi connectivity index (χ0v) is 58.3. The number of aromatic nitrogens is 4. The van der Waals surface area contributed by atoms with Crippen molar-refractivity contribution in [2.24, 2.45) is 0 Å². The smallest absolute Gasteiger partial charge is 0.268 e. The summed E-state index contributed by atoms with van der Waals surface area (Å²) in [6, 6.07) is 77.3. The predicted octanol–water partition coefficient (Wildman–Crippen LogP) is 19.9. The van der Waals surface area contributed by atoms with E-state index in [0.717, 1.165) is 66.6 Å². The van der Waals surface area contributed by atoms with Crippen LogP contribution in [0, 0.1) is 18.5 Å². The minimum Gasteiger partial charge on any atom is -0.510 e. The number of imidazole rings is 1. The Morgan fingerprint density at radius 2 is 0.949 bits per heavy atom. The molecule has 0 N–H and O–H groups in total. The third-order valence-electron chi connectivity index (χ3n) is 18.9. The number of nitrogens with zero attached hydrogens (tertiary/aromatic N) is 4. The van der Waals surface area contributed by atoms with E-state index in [-0.39, 0.29) is 37.6 Å². The molecule has 0 fully saturated rings. The van der Waals surface area contributed by atoms with E-state index >= 15 is 0 Å². The van der Waals surface area contributed by atoms with Crippen molar-refractivity contribution in [2.45, 2.75) is 52.4 Å². The Labute approximate surface area is 613 Å². The van der Waals surface area contributed by atoms with Gasteiger partial charge in [0.2, 0.25) is 0 Å². The van der Waals surface area contributed by atoms with Crippen molar-refractivity contribution in [1.82, 2.24) is 14.1 Å². The van der Waals surface area contributed by atoms with Crippen LogP contribution in [-0.4, -0.2) is 22.2 Å². The summed E-state index contributed by atoms with van der Waals surface area (Å²) in [6.45, 7) is 12.7. The van der Waals surface area contributed by atoms with Crippen LogP contribution in [0.5, 0.6) is 11.5 Å². The Morgan fingerprint density at radius 3 is 1.55 bits per heavy atom. The fraction of sp³-hybridized carbons (Fsp3) is 0.0870. The molecule has 7 heteroatoms. The van der Waals surface area contributed by atoms with Crippen molar-refractivity contribution in [1.29, 1.82) is 0 Å². The molecule has 0 unspecified atom stereocenters. The molecule has 1 aliphatic rings. The van der Waals surface area contributed by atoms with Gasteiger partial charge in [0.05, 0.1) is 34.5 Å². The summed E-state index contributed by atoms with van der Waals surface area (Å²) in [5.74, 6) is 1.46. The summed E-state index contributed by atoms with van der Waals surface area (Å²) in [6.07, 6.45) is 5.65. The van der Waals surface area contributed by atoms with Crippen LogP contribution < -0.4 is 30.1 Å². The number of hydrogen-bond donors (Lipinski definition) is 0. The number of rotatable bonds is 11. The molecule has 0 saturated carbocycles. The van der Waals surface area contributed by atoms with Gasteiger partial charge in [-0.3, -0.25) is 4.57 Å². The van der Waals surface area contributed by atoms with E-state index in [4.69, 9.17) is 17.9 Å². The second-order valence-electron chi connectivity index (χ2n) is 26.9. The molecule has 13 aromatic carbocycles. The fourth-order valence-electron chi connectivity index (χ4n) is 14.2. The monoisotopic (exact) mass is 1480 g/mol. The zero-order chi connectivity index (χ0) is 77.6. The Bertz CT molecular complexity index is 6320. The SMILES string of the molecule is [2H]c1c([2H])c([2H])c(-c2c([2H])c(-c3cc(C(C)(C)C)cc4c3-[n+]3[c-]n(-c5[c-]c(Oc6[c-]c7c(cc6)c6cc([Si](c8ccccc8)(c8ccccc8)c8ccccc8)ccc6n7-c6cc(C(C)(C)C)ccn6)ccc5)c5cccc(c53)-c3ccccc3-c3ccccc3-4)c([2H])c(-c3c([2H])c([2H])c([2H])c([2H])c3[2H])c2[2H])c([2H])c1[2H].[Pt]. The Balaban J connectivity index is 0.00000949. The summed E-state index contributed by atoms with van der Waals surface area (Å²) in [5, 5.41) is 6.92. The molecule has 0 aliphatic carbocycles. The van der Waals surface area contributed by atoms with Gasteiger partial charge in [-0.1, -0.05) is 289 Å². The summed E-state index contributed by atoms with van der Waals surface area (Å²) in [4.78, 5) is 5.09. The first-order valence-corrected chi connectivity index (χ1v) is 34.8. The molecule has 5 nitrogen and oxygen atoms in total. The summed E-state index contributed by atoms with van der Waals surface area (Å²) in [7, 11) is -3.00. The average Bonchev–Trinajstić information content (AvgIpc) is 1.25. The van der Waals surface area contributed by atoms with Crippen LogP contribution in [0.3, 0.4) is 0 Å². The van der Waals surface area contributed by atoms with Gasteiger partial charge in [0.1, 0.15) is 5.82 Å². The number of benzene rings is 13. The Morgan fingerprint density at radius 1 is 0.424 bits per heavy atom. The minimum absolute atomic E-state index is 0. The number of ether oxygens (including phenoxy) is 1. The van der Waals surface area contributed by atoms with E-state index in [2.05, 4.69) is 189 Å². The molecule has 16 aromatic rings. The standard InChI is InChI=1S/C92H70N4OSi.Pt/c1-91(2,3)67-50-51-93-88(57-67)96-85-49-47-75(98(72-34-16-9-17-35-72,73-36-18-10-19-37-73)74-38-20-11-21-39-74)60-83(85)80-48-46-71(59-87(80)96)97-70-33-26-32-69(58-70)94-61-95-89-82(66-53-64(62-28-12-7-13-29-62)52-65(54-66)63-30-14-8-15-31-63)55-68(92(4,5)6)56-84(89)79-43-25-23-41-77(79)76-40-22-24-42-78(76)81-44-27-45-86(94)90(81)95;/h7-57,60H,1-6H3;/q-2;/i7D,8D,12D,13D,14D,15D,28D,29D,30D,31D,52D,53D,54D;. The molecule has 1 aliphatic heterocycles. The van der Waals surface area contributed by atoms with Gasteiger partial charge < -0.3 is 13.9 Å². The predicted molar refractivity (Wildman–Crippen MR) is 407 cm³/mol. The van der Waals surface area contributed by atoms with Gasteiger partial charge in [-0.15, -0.1) is 29.7 Å². The first-order valence-electron chi connectivity index (χ1n) is 39.3. The zero-order valence-electron chi connectivity index (χ0n) is 68.0. The second-order valence-corrected chi connectivity index (χ2v) is 30.7. The first-order chi connectivity index (χ1) is 53.3. The van der Waals surface area contributed by atoms with Gasteiger partial charge in [0.15, 0.2) is 8.07 Å².